The van der Waals surface area contributed by atoms with E-state index >= 15 is 0 Å². The highest BCUT2D eigenvalue weighted by atomic mass is 35.5. The van der Waals surface area contributed by atoms with Crippen LogP contribution in [0.25, 0.3) is 0 Å². The lowest BCUT2D eigenvalue weighted by Gasteiger charge is -2.38. The molecule has 2 amide bonds. The van der Waals surface area contributed by atoms with E-state index in [4.69, 9.17) is 25.8 Å². The zero-order chi connectivity index (χ0) is 20.9. The van der Waals surface area contributed by atoms with Crippen LogP contribution < -0.4 is 5.32 Å². The van der Waals surface area contributed by atoms with Crippen molar-refractivity contribution in [2.75, 3.05) is 20.2 Å². The van der Waals surface area contributed by atoms with E-state index in [9.17, 15) is 14.0 Å². The SMILES string of the molecule is CO[C@H]1CN(C(=O)OC(C)(C)C)CC[C@H]1NC(=O)OCc1ccc(Cl)c(F)c1. The normalized spacial score (nSPS) is 19.9. The number of amides is 2. The predicted octanol–water partition coefficient (Wildman–Crippen LogP) is 3.73. The molecule has 1 aromatic carbocycles. The van der Waals surface area contributed by atoms with Crippen molar-refractivity contribution >= 4 is 23.8 Å². The van der Waals surface area contributed by atoms with Gasteiger partial charge in [-0.3, -0.25) is 0 Å². The number of carbonyl (C=O) groups excluding carboxylic acids is 2. The van der Waals surface area contributed by atoms with E-state index in [1.165, 1.54) is 19.2 Å². The predicted molar refractivity (Wildman–Crippen MR) is 102 cm³/mol. The van der Waals surface area contributed by atoms with Crippen LogP contribution in [0.5, 0.6) is 0 Å². The Bertz CT molecular complexity index is 710. The van der Waals surface area contributed by atoms with Crippen molar-refractivity contribution in [1.29, 1.82) is 0 Å². The number of piperidine rings is 1. The van der Waals surface area contributed by atoms with Gasteiger partial charge in [-0.1, -0.05) is 17.7 Å². The first kappa shape index (κ1) is 22.2. The molecule has 2 atom stereocenters. The number of benzene rings is 1. The van der Waals surface area contributed by atoms with Gasteiger partial charge in [-0.25, -0.2) is 14.0 Å². The first-order valence-electron chi connectivity index (χ1n) is 8.97. The second kappa shape index (κ2) is 9.43. The summed E-state index contributed by atoms with van der Waals surface area (Å²) >= 11 is 5.63. The largest absolute Gasteiger partial charge is 0.445 e. The molecule has 0 spiro atoms. The first-order chi connectivity index (χ1) is 13.1. The van der Waals surface area contributed by atoms with Gasteiger partial charge in [0.05, 0.1) is 23.7 Å². The number of nitrogens with one attached hydrogen (secondary N) is 1. The molecule has 1 heterocycles. The summed E-state index contributed by atoms with van der Waals surface area (Å²) in [6.07, 6.45) is -0.974. The molecule has 2 rings (SSSR count). The third-order valence-corrected chi connectivity index (χ3v) is 4.48. The number of halogens is 2. The summed E-state index contributed by atoms with van der Waals surface area (Å²) in [6.45, 7) is 6.02. The summed E-state index contributed by atoms with van der Waals surface area (Å²) < 4.78 is 29.4. The van der Waals surface area contributed by atoms with Gasteiger partial charge in [-0.2, -0.15) is 0 Å². The van der Waals surface area contributed by atoms with E-state index in [1.54, 1.807) is 31.7 Å². The van der Waals surface area contributed by atoms with Gasteiger partial charge in [0.1, 0.15) is 18.0 Å². The fourth-order valence-electron chi connectivity index (χ4n) is 2.78. The Morgan fingerprint density at radius 3 is 2.68 bits per heavy atom. The van der Waals surface area contributed by atoms with Crippen molar-refractivity contribution in [3.8, 4) is 0 Å². The van der Waals surface area contributed by atoms with Gasteiger partial charge < -0.3 is 24.4 Å². The Labute approximate surface area is 169 Å². The zero-order valence-corrected chi connectivity index (χ0v) is 17.2. The van der Waals surface area contributed by atoms with Gasteiger partial charge >= 0.3 is 12.2 Å². The summed E-state index contributed by atoms with van der Waals surface area (Å²) in [5.41, 5.74) is -0.0974. The van der Waals surface area contributed by atoms with Crippen LogP contribution in [-0.2, 0) is 20.8 Å². The number of hydrogen-bond acceptors (Lipinski definition) is 5. The third-order valence-electron chi connectivity index (χ3n) is 4.17. The molecule has 0 saturated carbocycles. The first-order valence-corrected chi connectivity index (χ1v) is 9.35. The van der Waals surface area contributed by atoms with Crippen molar-refractivity contribution in [2.45, 2.75) is 51.5 Å². The van der Waals surface area contributed by atoms with Gasteiger partial charge in [0.25, 0.3) is 0 Å². The molecule has 1 aliphatic heterocycles. The smallest absolute Gasteiger partial charge is 0.410 e. The molecule has 156 valence electrons. The van der Waals surface area contributed by atoms with E-state index in [2.05, 4.69) is 5.32 Å². The van der Waals surface area contributed by atoms with Crippen LogP contribution in [0.3, 0.4) is 0 Å². The monoisotopic (exact) mass is 416 g/mol. The molecule has 0 bridgehead atoms. The molecule has 0 unspecified atom stereocenters. The van der Waals surface area contributed by atoms with Gasteiger partial charge in [0.2, 0.25) is 0 Å². The lowest BCUT2D eigenvalue weighted by molar-refractivity contribution is -0.0180. The average Bonchev–Trinajstić information content (AvgIpc) is 2.61. The Kier molecular flexibility index (Phi) is 7.48. The maximum absolute atomic E-state index is 13.4. The minimum Gasteiger partial charge on any atom is -0.445 e. The standard InChI is InChI=1S/C19H26ClFN2O5/c1-19(2,3)28-18(25)23-8-7-15(16(10-23)26-4)22-17(24)27-11-12-5-6-13(20)14(21)9-12/h5-6,9,15-16H,7-8,10-11H2,1-4H3,(H,22,24)/t15-,16+/m1/s1. The highest BCUT2D eigenvalue weighted by molar-refractivity contribution is 6.30. The van der Waals surface area contributed by atoms with E-state index in [0.29, 0.717) is 25.1 Å². The molecule has 0 aliphatic carbocycles. The maximum Gasteiger partial charge on any atom is 0.410 e. The minimum absolute atomic E-state index is 0.00730. The van der Waals surface area contributed by atoms with Crippen LogP contribution in [0.4, 0.5) is 14.0 Å². The molecular formula is C19H26ClFN2O5. The Morgan fingerprint density at radius 2 is 2.07 bits per heavy atom. The molecule has 7 nitrogen and oxygen atoms in total. The molecule has 1 aromatic rings. The molecule has 1 fully saturated rings. The molecule has 9 heteroatoms. The number of carbonyl (C=O) groups is 2. The fraction of sp³-hybridized carbons (Fsp3) is 0.579. The van der Waals surface area contributed by atoms with Crippen LogP contribution in [0.2, 0.25) is 5.02 Å². The van der Waals surface area contributed by atoms with Crippen LogP contribution in [-0.4, -0.2) is 55.0 Å². The molecule has 0 radical (unpaired) electrons. The van der Waals surface area contributed by atoms with Gasteiger partial charge in [0.15, 0.2) is 0 Å². The Hall–Kier alpha value is -2.06. The number of ether oxygens (including phenoxy) is 3. The van der Waals surface area contributed by atoms with E-state index in [0.717, 1.165) is 0 Å². The van der Waals surface area contributed by atoms with Gasteiger partial charge in [-0.15, -0.1) is 0 Å². The zero-order valence-electron chi connectivity index (χ0n) is 16.5. The Morgan fingerprint density at radius 1 is 1.36 bits per heavy atom. The maximum atomic E-state index is 13.4. The van der Waals surface area contributed by atoms with Crippen LogP contribution >= 0.6 is 11.6 Å². The third kappa shape index (κ3) is 6.53. The van der Waals surface area contributed by atoms with Crippen LogP contribution in [0, 0.1) is 5.82 Å². The van der Waals surface area contributed by atoms with Crippen molar-refractivity contribution < 1.29 is 28.2 Å². The van der Waals surface area contributed by atoms with Gasteiger partial charge in [-0.05, 0) is 44.9 Å². The molecule has 0 aromatic heterocycles. The van der Waals surface area contributed by atoms with Crippen LogP contribution in [0.1, 0.15) is 32.8 Å². The van der Waals surface area contributed by atoms with Crippen molar-refractivity contribution in [3.05, 3.63) is 34.6 Å². The number of hydrogen-bond donors (Lipinski definition) is 1. The topological polar surface area (TPSA) is 77.1 Å². The number of nitrogens with zero attached hydrogens (tertiary/aromatic N) is 1. The summed E-state index contributed by atoms with van der Waals surface area (Å²) in [7, 11) is 1.51. The highest BCUT2D eigenvalue weighted by Crippen LogP contribution is 2.19. The summed E-state index contributed by atoms with van der Waals surface area (Å²) in [6, 6.07) is 3.88. The number of likely N-dealkylation sites (tertiary alicyclic amines) is 1. The van der Waals surface area contributed by atoms with E-state index in [1.807, 2.05) is 0 Å². The van der Waals surface area contributed by atoms with Crippen molar-refractivity contribution in [1.82, 2.24) is 10.2 Å². The minimum atomic E-state index is -0.645. The van der Waals surface area contributed by atoms with Crippen LogP contribution in [0.15, 0.2) is 18.2 Å². The number of alkyl carbamates (subject to hydrolysis) is 1. The highest BCUT2D eigenvalue weighted by Gasteiger charge is 2.34. The molecule has 1 aliphatic rings. The molecule has 1 saturated heterocycles. The number of methoxy groups -OCH3 is 1. The van der Waals surface area contributed by atoms with E-state index in [-0.39, 0.29) is 17.7 Å². The fourth-order valence-corrected chi connectivity index (χ4v) is 2.90. The number of rotatable bonds is 4. The van der Waals surface area contributed by atoms with Gasteiger partial charge in [0, 0.05) is 13.7 Å². The van der Waals surface area contributed by atoms with Crippen molar-refractivity contribution in [2.24, 2.45) is 0 Å². The molecule has 28 heavy (non-hydrogen) atoms. The summed E-state index contributed by atoms with van der Waals surface area (Å²) in [5.74, 6) is -0.572. The lowest BCUT2D eigenvalue weighted by Crippen LogP contribution is -2.56. The summed E-state index contributed by atoms with van der Waals surface area (Å²) in [4.78, 5) is 25.9. The quantitative estimate of drug-likeness (QED) is 0.809. The Balaban J connectivity index is 1.85. The second-order valence-electron chi connectivity index (χ2n) is 7.56. The molecule has 1 N–H and O–H groups in total. The van der Waals surface area contributed by atoms with E-state index < -0.39 is 29.7 Å². The average molecular weight is 417 g/mol. The van der Waals surface area contributed by atoms with Crippen molar-refractivity contribution in [3.63, 3.8) is 0 Å². The lowest BCUT2D eigenvalue weighted by atomic mass is 10.0. The second-order valence-corrected chi connectivity index (χ2v) is 7.97. The summed E-state index contributed by atoms with van der Waals surface area (Å²) in [5, 5.41) is 2.75. The molecular weight excluding hydrogens is 391 g/mol.